The Morgan fingerprint density at radius 3 is 2.67 bits per heavy atom. The lowest BCUT2D eigenvalue weighted by molar-refractivity contribution is 0.835. The molecule has 2 N–H and O–H groups in total. The first-order chi connectivity index (χ1) is 8.63. The highest BCUT2D eigenvalue weighted by molar-refractivity contribution is 7.15. The molecule has 0 aliphatic heterocycles. The van der Waals surface area contributed by atoms with Crippen LogP contribution in [0, 0.1) is 6.92 Å². The van der Waals surface area contributed by atoms with Gasteiger partial charge in [-0.3, -0.25) is 0 Å². The van der Waals surface area contributed by atoms with Crippen LogP contribution >= 0.6 is 11.3 Å². The van der Waals surface area contributed by atoms with Gasteiger partial charge in [0.1, 0.15) is 0 Å². The Morgan fingerprint density at radius 2 is 2.11 bits per heavy atom. The summed E-state index contributed by atoms with van der Waals surface area (Å²) in [5.74, 6) is 0. The largest absolute Gasteiger partial charge is 0.323 e. The summed E-state index contributed by atoms with van der Waals surface area (Å²) in [6, 6.07) is 8.42. The average Bonchev–Trinajstić information content (AvgIpc) is 2.82. The molecule has 0 bridgehead atoms. The summed E-state index contributed by atoms with van der Waals surface area (Å²) in [6.45, 7) is 7.15. The molecular formula is C14H19N3S. The van der Waals surface area contributed by atoms with E-state index in [2.05, 4.69) is 48.0 Å². The fourth-order valence-corrected chi connectivity index (χ4v) is 2.83. The van der Waals surface area contributed by atoms with Crippen molar-refractivity contribution in [2.24, 2.45) is 5.73 Å². The topological polar surface area (TPSA) is 42.2 Å². The van der Waals surface area contributed by atoms with Crippen molar-refractivity contribution in [3.63, 3.8) is 0 Å². The summed E-state index contributed by atoms with van der Waals surface area (Å²) in [5.41, 5.74) is 8.36. The molecule has 1 heterocycles. The maximum absolute atomic E-state index is 5.89. The Hall–Kier alpha value is -1.39. The molecule has 1 unspecified atom stereocenters. The van der Waals surface area contributed by atoms with E-state index >= 15 is 0 Å². The zero-order chi connectivity index (χ0) is 13.1. The Bertz CT molecular complexity index is 519. The fourth-order valence-electron chi connectivity index (χ4n) is 1.89. The van der Waals surface area contributed by atoms with Gasteiger partial charge < -0.3 is 10.6 Å². The van der Waals surface area contributed by atoms with Gasteiger partial charge in [-0.25, -0.2) is 4.98 Å². The molecule has 0 aliphatic carbocycles. The minimum Gasteiger partial charge on any atom is -0.323 e. The summed E-state index contributed by atoms with van der Waals surface area (Å²) >= 11 is 1.67. The maximum Gasteiger partial charge on any atom is 0.190 e. The molecule has 1 aromatic carbocycles. The van der Waals surface area contributed by atoms with Gasteiger partial charge in [0.05, 0.1) is 0 Å². The smallest absolute Gasteiger partial charge is 0.190 e. The Morgan fingerprint density at radius 1 is 1.39 bits per heavy atom. The van der Waals surface area contributed by atoms with E-state index in [-0.39, 0.29) is 6.04 Å². The molecule has 0 fully saturated rings. The number of benzene rings is 1. The van der Waals surface area contributed by atoms with Gasteiger partial charge >= 0.3 is 0 Å². The van der Waals surface area contributed by atoms with Crippen LogP contribution < -0.4 is 10.6 Å². The Balaban J connectivity index is 2.36. The van der Waals surface area contributed by atoms with Crippen molar-refractivity contribution in [2.75, 3.05) is 11.4 Å². The number of aryl methyl sites for hydroxylation is 1. The molecular weight excluding hydrogens is 242 g/mol. The van der Waals surface area contributed by atoms with Crippen LogP contribution in [0.15, 0.2) is 30.5 Å². The fraction of sp³-hybridized carbons (Fsp3) is 0.357. The van der Waals surface area contributed by atoms with Crippen LogP contribution in [0.5, 0.6) is 0 Å². The lowest BCUT2D eigenvalue weighted by Gasteiger charge is -2.21. The van der Waals surface area contributed by atoms with E-state index in [9.17, 15) is 0 Å². The first-order valence-electron chi connectivity index (χ1n) is 6.18. The lowest BCUT2D eigenvalue weighted by atomic mass is 10.2. The van der Waals surface area contributed by atoms with Crippen molar-refractivity contribution in [3.8, 4) is 0 Å². The average molecular weight is 261 g/mol. The van der Waals surface area contributed by atoms with Crippen molar-refractivity contribution in [1.29, 1.82) is 0 Å². The van der Waals surface area contributed by atoms with Gasteiger partial charge in [-0.2, -0.15) is 0 Å². The number of aromatic nitrogens is 1. The second-order valence-electron chi connectivity index (χ2n) is 4.36. The molecule has 2 rings (SSSR count). The number of hydrogen-bond donors (Lipinski definition) is 1. The number of anilines is 2. The van der Waals surface area contributed by atoms with E-state index < -0.39 is 0 Å². The second kappa shape index (κ2) is 5.50. The van der Waals surface area contributed by atoms with E-state index in [1.807, 2.05) is 13.1 Å². The molecule has 3 nitrogen and oxygen atoms in total. The van der Waals surface area contributed by atoms with Crippen molar-refractivity contribution in [3.05, 3.63) is 40.9 Å². The quantitative estimate of drug-likeness (QED) is 0.914. The van der Waals surface area contributed by atoms with Crippen LogP contribution in [-0.2, 0) is 0 Å². The first-order valence-corrected chi connectivity index (χ1v) is 6.99. The molecule has 1 aromatic heterocycles. The highest BCUT2D eigenvalue weighted by Crippen LogP contribution is 2.32. The summed E-state index contributed by atoms with van der Waals surface area (Å²) < 4.78 is 0. The zero-order valence-corrected chi connectivity index (χ0v) is 11.9. The lowest BCUT2D eigenvalue weighted by Crippen LogP contribution is -2.16. The maximum atomic E-state index is 5.89. The van der Waals surface area contributed by atoms with Gasteiger partial charge in [0.25, 0.3) is 0 Å². The van der Waals surface area contributed by atoms with Crippen LogP contribution in [0.25, 0.3) is 0 Å². The summed E-state index contributed by atoms with van der Waals surface area (Å²) in [7, 11) is 0. The number of para-hydroxylation sites is 1. The predicted octanol–water partition coefficient (Wildman–Crippen LogP) is 3.63. The van der Waals surface area contributed by atoms with Crippen molar-refractivity contribution < 1.29 is 0 Å². The normalized spacial score (nSPS) is 12.4. The predicted molar refractivity (Wildman–Crippen MR) is 78.6 cm³/mol. The summed E-state index contributed by atoms with van der Waals surface area (Å²) in [4.78, 5) is 7.84. The Kier molecular flexibility index (Phi) is 3.99. The molecule has 0 radical (unpaired) electrons. The van der Waals surface area contributed by atoms with Crippen molar-refractivity contribution >= 4 is 22.2 Å². The van der Waals surface area contributed by atoms with Crippen molar-refractivity contribution in [2.45, 2.75) is 26.8 Å². The van der Waals surface area contributed by atoms with Gasteiger partial charge in [0, 0.05) is 29.3 Å². The highest BCUT2D eigenvalue weighted by atomic mass is 32.1. The van der Waals surface area contributed by atoms with Gasteiger partial charge in [0.2, 0.25) is 0 Å². The SMILES string of the molecule is CCN(c1ncc(C(C)N)s1)c1ccccc1C. The molecule has 0 saturated heterocycles. The molecule has 4 heteroatoms. The first kappa shape index (κ1) is 13.1. The number of rotatable bonds is 4. The van der Waals surface area contributed by atoms with Crippen LogP contribution in [0.1, 0.15) is 30.3 Å². The molecule has 96 valence electrons. The number of nitrogens with two attached hydrogens (primary N) is 1. The third-order valence-corrected chi connectivity index (χ3v) is 4.13. The number of thiazole rings is 1. The van der Waals surface area contributed by atoms with E-state index in [0.717, 1.165) is 16.6 Å². The zero-order valence-electron chi connectivity index (χ0n) is 11.1. The molecule has 0 aliphatic rings. The Labute approximate surface area is 112 Å². The van der Waals surface area contributed by atoms with Crippen LogP contribution in [0.3, 0.4) is 0 Å². The molecule has 0 saturated carbocycles. The number of hydrogen-bond acceptors (Lipinski definition) is 4. The van der Waals surface area contributed by atoms with Crippen LogP contribution in [0.2, 0.25) is 0 Å². The summed E-state index contributed by atoms with van der Waals surface area (Å²) in [6.07, 6.45) is 1.88. The van der Waals surface area contributed by atoms with Gasteiger partial charge in [0.15, 0.2) is 5.13 Å². The van der Waals surface area contributed by atoms with Crippen LogP contribution in [-0.4, -0.2) is 11.5 Å². The van der Waals surface area contributed by atoms with E-state index in [1.165, 1.54) is 11.3 Å². The van der Waals surface area contributed by atoms with Gasteiger partial charge in [-0.1, -0.05) is 29.5 Å². The monoisotopic (exact) mass is 261 g/mol. The van der Waals surface area contributed by atoms with E-state index in [1.54, 1.807) is 11.3 Å². The molecule has 0 amide bonds. The molecule has 1 atom stereocenters. The van der Waals surface area contributed by atoms with E-state index in [0.29, 0.717) is 0 Å². The standard InChI is InChI=1S/C14H19N3S/c1-4-17(12-8-6-5-7-10(12)2)14-16-9-13(18-14)11(3)15/h5-9,11H,4,15H2,1-3H3. The third kappa shape index (κ3) is 2.54. The second-order valence-corrected chi connectivity index (χ2v) is 5.41. The molecule has 2 aromatic rings. The highest BCUT2D eigenvalue weighted by Gasteiger charge is 2.14. The molecule has 0 spiro atoms. The van der Waals surface area contributed by atoms with Crippen LogP contribution in [0.4, 0.5) is 10.8 Å². The molecule has 18 heavy (non-hydrogen) atoms. The third-order valence-electron chi connectivity index (χ3n) is 2.91. The minimum atomic E-state index is 0.0480. The van der Waals surface area contributed by atoms with Gasteiger partial charge in [-0.05, 0) is 32.4 Å². The van der Waals surface area contributed by atoms with Gasteiger partial charge in [-0.15, -0.1) is 0 Å². The number of nitrogens with zero attached hydrogens (tertiary/aromatic N) is 2. The van der Waals surface area contributed by atoms with E-state index in [4.69, 9.17) is 5.73 Å². The van der Waals surface area contributed by atoms with Crippen molar-refractivity contribution in [1.82, 2.24) is 4.98 Å². The summed E-state index contributed by atoms with van der Waals surface area (Å²) in [5, 5.41) is 1.01. The minimum absolute atomic E-state index is 0.0480.